The Balaban J connectivity index is 2.18. The predicted octanol–water partition coefficient (Wildman–Crippen LogP) is 3.50. The highest BCUT2D eigenvalue weighted by molar-refractivity contribution is 6.36. The van der Waals surface area contributed by atoms with Gasteiger partial charge in [-0.2, -0.15) is 0 Å². The fourth-order valence-corrected chi connectivity index (χ4v) is 2.94. The molecule has 0 unspecified atom stereocenters. The molecule has 0 amide bonds. The first kappa shape index (κ1) is 17.3. The number of esters is 1. The van der Waals surface area contributed by atoms with Crippen molar-refractivity contribution < 1.29 is 18.7 Å². The highest BCUT2D eigenvalue weighted by Crippen LogP contribution is 2.42. The van der Waals surface area contributed by atoms with E-state index in [-0.39, 0.29) is 23.0 Å². The van der Waals surface area contributed by atoms with Gasteiger partial charge in [0.15, 0.2) is 18.1 Å². The second-order valence-corrected chi connectivity index (χ2v) is 5.92. The summed E-state index contributed by atoms with van der Waals surface area (Å²) in [7, 11) is 0. The molecule has 25 heavy (non-hydrogen) atoms. The summed E-state index contributed by atoms with van der Waals surface area (Å²) < 4.78 is 25.0. The fourth-order valence-electron chi connectivity index (χ4n) is 2.49. The Morgan fingerprint density at radius 2 is 2.24 bits per heavy atom. The van der Waals surface area contributed by atoms with Crippen LogP contribution in [-0.4, -0.2) is 24.2 Å². The molecule has 0 radical (unpaired) electrons. The number of nitrogens with two attached hydrogens (primary N) is 1. The summed E-state index contributed by atoms with van der Waals surface area (Å²) in [6.07, 6.45) is 5.64. The third kappa shape index (κ3) is 2.97. The number of carbonyl (C=O) groups excluding carboxylic acids is 1. The van der Waals surface area contributed by atoms with Crippen molar-refractivity contribution in [3.63, 3.8) is 0 Å². The van der Waals surface area contributed by atoms with Gasteiger partial charge in [-0.3, -0.25) is 0 Å². The monoisotopic (exact) mass is 380 g/mol. The molecule has 2 N–H and O–H groups in total. The molecule has 1 aromatic carbocycles. The van der Waals surface area contributed by atoms with E-state index in [9.17, 15) is 9.18 Å². The number of halogens is 3. The third-order valence-corrected chi connectivity index (χ3v) is 4.39. The van der Waals surface area contributed by atoms with Crippen LogP contribution in [0.1, 0.15) is 16.1 Å². The Kier molecular flexibility index (Phi) is 4.71. The van der Waals surface area contributed by atoms with Gasteiger partial charge in [0.2, 0.25) is 0 Å². The molecule has 0 fully saturated rings. The maximum absolute atomic E-state index is 14.7. The zero-order valence-corrected chi connectivity index (χ0v) is 14.2. The van der Waals surface area contributed by atoms with Crippen molar-refractivity contribution in [3.8, 4) is 29.4 Å². The molecule has 0 bridgehead atoms. The summed E-state index contributed by atoms with van der Waals surface area (Å²) in [4.78, 5) is 16.1. The standard InChI is InChI=1S/C17H11Cl2FN2O3/c1-2-6-25-17(23)15-11(19)13(21)12(20)14(22-15)9-3-4-10(18)8-5-7-24-16(8)9/h1,3-4H,5-7H2,(H2,21,22). The highest BCUT2D eigenvalue weighted by Gasteiger charge is 2.27. The number of hydrogen-bond acceptors (Lipinski definition) is 5. The van der Waals surface area contributed by atoms with Gasteiger partial charge in [0.05, 0.1) is 17.3 Å². The van der Waals surface area contributed by atoms with E-state index in [0.717, 1.165) is 5.56 Å². The number of nitrogens with zero attached hydrogens (tertiary/aromatic N) is 1. The number of ether oxygens (including phenoxy) is 2. The average molecular weight is 381 g/mol. The fraction of sp³-hybridized carbons (Fsp3) is 0.176. The molecule has 0 spiro atoms. The largest absolute Gasteiger partial charge is 0.492 e. The van der Waals surface area contributed by atoms with Gasteiger partial charge in [-0.05, 0) is 12.1 Å². The molecule has 1 aliphatic rings. The Hall–Kier alpha value is -2.49. The number of anilines is 1. The highest BCUT2D eigenvalue weighted by atomic mass is 35.5. The van der Waals surface area contributed by atoms with E-state index in [0.29, 0.717) is 29.4 Å². The molecular weight excluding hydrogens is 370 g/mol. The zero-order chi connectivity index (χ0) is 18.1. The first-order chi connectivity index (χ1) is 12.0. The number of fused-ring (bicyclic) bond motifs is 1. The SMILES string of the molecule is C#CCOC(=O)c1nc(-c2ccc(Cl)c3c2OCC3)c(F)c(N)c1Cl. The zero-order valence-electron chi connectivity index (χ0n) is 12.7. The molecule has 0 saturated heterocycles. The summed E-state index contributed by atoms with van der Waals surface area (Å²) in [5, 5.41) is 0.169. The molecule has 5 nitrogen and oxygen atoms in total. The smallest absolute Gasteiger partial charge is 0.359 e. The van der Waals surface area contributed by atoms with E-state index in [4.69, 9.17) is 44.8 Å². The van der Waals surface area contributed by atoms with Gasteiger partial charge < -0.3 is 15.2 Å². The average Bonchev–Trinajstić information content (AvgIpc) is 3.09. The molecule has 1 aromatic heterocycles. The van der Waals surface area contributed by atoms with E-state index < -0.39 is 17.5 Å². The minimum Gasteiger partial charge on any atom is -0.492 e. The Bertz CT molecular complexity index is 925. The third-order valence-electron chi connectivity index (χ3n) is 3.65. The van der Waals surface area contributed by atoms with Crippen LogP contribution < -0.4 is 10.5 Å². The maximum atomic E-state index is 14.7. The topological polar surface area (TPSA) is 74.4 Å². The number of pyridine rings is 1. The molecule has 3 rings (SSSR count). The Morgan fingerprint density at radius 1 is 1.48 bits per heavy atom. The van der Waals surface area contributed by atoms with Crippen LogP contribution >= 0.6 is 23.2 Å². The second-order valence-electron chi connectivity index (χ2n) is 5.13. The van der Waals surface area contributed by atoms with Gasteiger partial charge in [-0.25, -0.2) is 14.2 Å². The van der Waals surface area contributed by atoms with Crippen molar-refractivity contribution in [1.29, 1.82) is 0 Å². The van der Waals surface area contributed by atoms with Crippen LogP contribution in [0, 0.1) is 18.2 Å². The van der Waals surface area contributed by atoms with Gasteiger partial charge in [0, 0.05) is 22.6 Å². The number of terminal acetylenes is 1. The van der Waals surface area contributed by atoms with Crippen molar-refractivity contribution in [1.82, 2.24) is 4.98 Å². The van der Waals surface area contributed by atoms with Gasteiger partial charge in [-0.1, -0.05) is 29.1 Å². The van der Waals surface area contributed by atoms with E-state index in [2.05, 4.69) is 10.9 Å². The molecule has 0 atom stereocenters. The molecule has 0 aliphatic carbocycles. The number of nitrogen functional groups attached to an aromatic ring is 1. The number of rotatable bonds is 3. The summed E-state index contributed by atoms with van der Waals surface area (Å²) in [6.45, 7) is 0.136. The van der Waals surface area contributed by atoms with Gasteiger partial charge >= 0.3 is 5.97 Å². The molecule has 2 heterocycles. The molecule has 0 saturated carbocycles. The van der Waals surface area contributed by atoms with Gasteiger partial charge in [0.25, 0.3) is 0 Å². The number of carbonyl (C=O) groups is 1. The van der Waals surface area contributed by atoms with Gasteiger partial charge in [-0.15, -0.1) is 6.42 Å². The molecule has 1 aliphatic heterocycles. The van der Waals surface area contributed by atoms with Crippen molar-refractivity contribution in [2.45, 2.75) is 6.42 Å². The quantitative estimate of drug-likeness (QED) is 0.651. The van der Waals surface area contributed by atoms with Gasteiger partial charge in [0.1, 0.15) is 11.4 Å². The first-order valence-electron chi connectivity index (χ1n) is 7.15. The van der Waals surface area contributed by atoms with Crippen molar-refractivity contribution in [2.75, 3.05) is 18.9 Å². The van der Waals surface area contributed by atoms with Crippen molar-refractivity contribution in [3.05, 3.63) is 39.3 Å². The lowest BCUT2D eigenvalue weighted by molar-refractivity contribution is 0.0550. The summed E-state index contributed by atoms with van der Waals surface area (Å²) >= 11 is 12.1. The van der Waals surface area contributed by atoms with Crippen LogP contribution in [0.3, 0.4) is 0 Å². The number of aromatic nitrogens is 1. The lowest BCUT2D eigenvalue weighted by Gasteiger charge is -2.13. The minimum atomic E-state index is -0.901. The van der Waals surface area contributed by atoms with E-state index in [1.54, 1.807) is 12.1 Å². The number of benzene rings is 1. The summed E-state index contributed by atoms with van der Waals surface area (Å²) in [5.41, 5.74) is 5.85. The van der Waals surface area contributed by atoms with Crippen LogP contribution in [0.15, 0.2) is 12.1 Å². The molecular formula is C17H11Cl2FN2O3. The van der Waals surface area contributed by atoms with Crippen LogP contribution in [0.25, 0.3) is 11.3 Å². The van der Waals surface area contributed by atoms with Crippen LogP contribution in [0.5, 0.6) is 5.75 Å². The van der Waals surface area contributed by atoms with Crippen molar-refractivity contribution in [2.24, 2.45) is 0 Å². The van der Waals surface area contributed by atoms with Crippen LogP contribution in [0.2, 0.25) is 10.0 Å². The molecule has 8 heteroatoms. The lowest BCUT2D eigenvalue weighted by Crippen LogP contribution is -2.12. The lowest BCUT2D eigenvalue weighted by atomic mass is 10.0. The summed E-state index contributed by atoms with van der Waals surface area (Å²) in [5.74, 6) is 0.789. The Morgan fingerprint density at radius 3 is 2.96 bits per heavy atom. The van der Waals surface area contributed by atoms with Crippen LogP contribution in [0.4, 0.5) is 10.1 Å². The minimum absolute atomic E-state index is 0.177. The normalized spacial score (nSPS) is 12.2. The Labute approximate surface area is 152 Å². The maximum Gasteiger partial charge on any atom is 0.359 e. The van der Waals surface area contributed by atoms with Crippen LogP contribution in [-0.2, 0) is 11.2 Å². The van der Waals surface area contributed by atoms with E-state index in [1.165, 1.54) is 0 Å². The predicted molar refractivity (Wildman–Crippen MR) is 92.4 cm³/mol. The first-order valence-corrected chi connectivity index (χ1v) is 7.90. The summed E-state index contributed by atoms with van der Waals surface area (Å²) in [6, 6.07) is 3.15. The molecule has 128 valence electrons. The molecule has 2 aromatic rings. The number of hydrogen-bond donors (Lipinski definition) is 1. The van der Waals surface area contributed by atoms with E-state index in [1.807, 2.05) is 0 Å². The van der Waals surface area contributed by atoms with Crippen molar-refractivity contribution >= 4 is 34.9 Å². The van der Waals surface area contributed by atoms with E-state index >= 15 is 0 Å². The second kappa shape index (κ2) is 6.79.